The van der Waals surface area contributed by atoms with Crippen molar-refractivity contribution in [1.29, 1.82) is 0 Å². The van der Waals surface area contributed by atoms with Crippen molar-refractivity contribution in [3.63, 3.8) is 0 Å². The molecule has 0 saturated carbocycles. The molecule has 4 nitrogen and oxygen atoms in total. The third-order valence-electron chi connectivity index (χ3n) is 2.32. The van der Waals surface area contributed by atoms with Crippen molar-refractivity contribution in [3.05, 3.63) is 11.5 Å². The van der Waals surface area contributed by atoms with Gasteiger partial charge in [-0.2, -0.15) is 4.98 Å². The summed E-state index contributed by atoms with van der Waals surface area (Å²) < 4.78 is 5.16. The first-order valence-electron chi connectivity index (χ1n) is 5.50. The van der Waals surface area contributed by atoms with Crippen LogP contribution in [0.25, 0.3) is 0 Å². The summed E-state index contributed by atoms with van der Waals surface area (Å²) in [5.74, 6) is 1.28. The van der Waals surface area contributed by atoms with Crippen molar-refractivity contribution in [2.24, 2.45) is 0 Å². The summed E-state index contributed by atoms with van der Waals surface area (Å²) in [4.78, 5) is 7.98. The zero-order valence-corrected chi connectivity index (χ0v) is 10.7. The fourth-order valence-corrected chi connectivity index (χ4v) is 1.55. The summed E-state index contributed by atoms with van der Waals surface area (Å²) in [6, 6.07) is 0.347. The maximum absolute atomic E-state index is 5.74. The lowest BCUT2D eigenvalue weighted by Crippen LogP contribution is -2.16. The van der Waals surface area contributed by atoms with Gasteiger partial charge in [-0.05, 0) is 24.9 Å². The lowest BCUT2D eigenvalue weighted by atomic mass is 10.1. The zero-order chi connectivity index (χ0) is 12.0. The van der Waals surface area contributed by atoms with Gasteiger partial charge in [0.2, 0.25) is 5.28 Å². The molecule has 0 bridgehead atoms. The highest BCUT2D eigenvalue weighted by molar-refractivity contribution is 6.28. The highest BCUT2D eigenvalue weighted by Gasteiger charge is 2.09. The molecule has 1 aromatic rings. The highest BCUT2D eigenvalue weighted by atomic mass is 35.5. The molecule has 0 spiro atoms. The molecule has 0 radical (unpaired) electrons. The minimum absolute atomic E-state index is 0.228. The summed E-state index contributed by atoms with van der Waals surface area (Å²) in [6.07, 6.45) is 5.05. The summed E-state index contributed by atoms with van der Waals surface area (Å²) in [6.45, 7) is 4.29. The third kappa shape index (κ3) is 3.85. The van der Waals surface area contributed by atoms with Crippen LogP contribution in [0.5, 0.6) is 5.75 Å². The van der Waals surface area contributed by atoms with E-state index < -0.39 is 0 Å². The maximum atomic E-state index is 5.74. The van der Waals surface area contributed by atoms with Crippen LogP contribution in [0.3, 0.4) is 0 Å². The standard InChI is InChI=1S/C11H18ClN3O/c1-4-5-6-8(2)14-10-9(16-3)7-13-11(12)15-10/h7-8H,4-6H2,1-3H3,(H,13,14,15)/t8-/m1/s1. The molecule has 1 N–H and O–H groups in total. The molecule has 0 aliphatic rings. The van der Waals surface area contributed by atoms with Crippen LogP contribution in [-0.2, 0) is 0 Å². The molecule has 0 unspecified atom stereocenters. The number of nitrogens with zero attached hydrogens (tertiary/aromatic N) is 2. The minimum atomic E-state index is 0.228. The smallest absolute Gasteiger partial charge is 0.224 e. The van der Waals surface area contributed by atoms with Gasteiger partial charge in [-0.1, -0.05) is 19.8 Å². The van der Waals surface area contributed by atoms with Gasteiger partial charge < -0.3 is 10.1 Å². The van der Waals surface area contributed by atoms with E-state index in [2.05, 4.69) is 29.1 Å². The normalized spacial score (nSPS) is 12.2. The van der Waals surface area contributed by atoms with Gasteiger partial charge in [-0.25, -0.2) is 4.98 Å². The lowest BCUT2D eigenvalue weighted by molar-refractivity contribution is 0.412. The Morgan fingerprint density at radius 2 is 2.31 bits per heavy atom. The van der Waals surface area contributed by atoms with E-state index in [1.54, 1.807) is 13.3 Å². The molecule has 1 aromatic heterocycles. The van der Waals surface area contributed by atoms with E-state index in [1.165, 1.54) is 12.8 Å². The van der Waals surface area contributed by atoms with E-state index >= 15 is 0 Å². The van der Waals surface area contributed by atoms with E-state index in [9.17, 15) is 0 Å². The van der Waals surface area contributed by atoms with Crippen LogP contribution in [0, 0.1) is 0 Å². The molecule has 0 aromatic carbocycles. The molecule has 0 aliphatic carbocycles. The molecule has 0 amide bonds. The van der Waals surface area contributed by atoms with Gasteiger partial charge in [-0.15, -0.1) is 0 Å². The Bertz CT molecular complexity index is 333. The van der Waals surface area contributed by atoms with Crippen LogP contribution in [-0.4, -0.2) is 23.1 Å². The largest absolute Gasteiger partial charge is 0.491 e. The number of hydrogen-bond donors (Lipinski definition) is 1. The first-order chi connectivity index (χ1) is 7.67. The van der Waals surface area contributed by atoms with Crippen molar-refractivity contribution >= 4 is 17.4 Å². The van der Waals surface area contributed by atoms with Gasteiger partial charge in [0.05, 0.1) is 13.3 Å². The molecule has 0 saturated heterocycles. The van der Waals surface area contributed by atoms with E-state index in [-0.39, 0.29) is 5.28 Å². The minimum Gasteiger partial charge on any atom is -0.491 e. The quantitative estimate of drug-likeness (QED) is 0.780. The second kappa shape index (κ2) is 6.53. The number of halogens is 1. The monoisotopic (exact) mass is 243 g/mol. The van der Waals surface area contributed by atoms with Crippen LogP contribution in [0.4, 0.5) is 5.82 Å². The fraction of sp³-hybridized carbons (Fsp3) is 0.636. The Balaban J connectivity index is 2.67. The SMILES string of the molecule is CCCC[C@@H](C)Nc1nc(Cl)ncc1OC. The molecular weight excluding hydrogens is 226 g/mol. The first-order valence-corrected chi connectivity index (χ1v) is 5.88. The Labute approximate surface area is 101 Å². The number of nitrogens with one attached hydrogen (secondary N) is 1. The highest BCUT2D eigenvalue weighted by Crippen LogP contribution is 2.23. The molecule has 1 rings (SSSR count). The summed E-state index contributed by atoms with van der Waals surface area (Å²) in [7, 11) is 1.59. The van der Waals surface area contributed by atoms with E-state index in [0.717, 1.165) is 6.42 Å². The van der Waals surface area contributed by atoms with Crippen molar-refractivity contribution in [1.82, 2.24) is 9.97 Å². The van der Waals surface area contributed by atoms with Gasteiger partial charge in [0.25, 0.3) is 0 Å². The predicted octanol–water partition coefficient (Wildman–Crippen LogP) is 3.13. The van der Waals surface area contributed by atoms with Crippen molar-refractivity contribution in [3.8, 4) is 5.75 Å². The average molecular weight is 244 g/mol. The molecule has 0 fully saturated rings. The van der Waals surface area contributed by atoms with E-state index in [0.29, 0.717) is 17.6 Å². The van der Waals surface area contributed by atoms with Crippen molar-refractivity contribution in [2.45, 2.75) is 39.2 Å². The maximum Gasteiger partial charge on any atom is 0.224 e. The fourth-order valence-electron chi connectivity index (χ4n) is 1.42. The van der Waals surface area contributed by atoms with Crippen LogP contribution in [0.1, 0.15) is 33.1 Å². The summed E-state index contributed by atoms with van der Waals surface area (Å²) in [5.41, 5.74) is 0. The average Bonchev–Trinajstić information content (AvgIpc) is 2.27. The van der Waals surface area contributed by atoms with Crippen LogP contribution >= 0.6 is 11.6 Å². The van der Waals surface area contributed by atoms with Crippen molar-refractivity contribution < 1.29 is 4.74 Å². The second-order valence-electron chi connectivity index (χ2n) is 3.74. The van der Waals surface area contributed by atoms with Crippen LogP contribution in [0.2, 0.25) is 5.28 Å². The number of aromatic nitrogens is 2. The molecule has 0 aliphatic heterocycles. The van der Waals surface area contributed by atoms with Crippen LogP contribution in [0.15, 0.2) is 6.20 Å². The van der Waals surface area contributed by atoms with Crippen molar-refractivity contribution in [2.75, 3.05) is 12.4 Å². The van der Waals surface area contributed by atoms with Crippen LogP contribution < -0.4 is 10.1 Å². The molecular formula is C11H18ClN3O. The van der Waals surface area contributed by atoms with Gasteiger partial charge in [-0.3, -0.25) is 0 Å². The number of hydrogen-bond acceptors (Lipinski definition) is 4. The van der Waals surface area contributed by atoms with Gasteiger partial charge in [0.15, 0.2) is 11.6 Å². The second-order valence-corrected chi connectivity index (χ2v) is 4.08. The Morgan fingerprint density at radius 1 is 1.56 bits per heavy atom. The summed E-state index contributed by atoms with van der Waals surface area (Å²) in [5, 5.41) is 3.50. The van der Waals surface area contributed by atoms with E-state index in [4.69, 9.17) is 16.3 Å². The number of rotatable bonds is 6. The zero-order valence-electron chi connectivity index (χ0n) is 9.96. The van der Waals surface area contributed by atoms with Gasteiger partial charge in [0.1, 0.15) is 0 Å². The molecule has 5 heteroatoms. The Kier molecular flexibility index (Phi) is 5.32. The Morgan fingerprint density at radius 3 is 2.94 bits per heavy atom. The number of unbranched alkanes of at least 4 members (excludes halogenated alkanes) is 1. The molecule has 16 heavy (non-hydrogen) atoms. The van der Waals surface area contributed by atoms with Gasteiger partial charge >= 0.3 is 0 Å². The molecule has 1 atom stereocenters. The van der Waals surface area contributed by atoms with E-state index in [1.807, 2.05) is 0 Å². The molecule has 90 valence electrons. The topological polar surface area (TPSA) is 47.0 Å². The van der Waals surface area contributed by atoms with Gasteiger partial charge in [0, 0.05) is 6.04 Å². The number of ether oxygens (including phenoxy) is 1. The summed E-state index contributed by atoms with van der Waals surface area (Å²) >= 11 is 5.74. The molecule has 1 heterocycles. The lowest BCUT2D eigenvalue weighted by Gasteiger charge is -2.15. The Hall–Kier alpha value is -1.03. The number of methoxy groups -OCH3 is 1. The third-order valence-corrected chi connectivity index (χ3v) is 2.50. The first kappa shape index (κ1) is 13.0. The number of anilines is 1. The predicted molar refractivity (Wildman–Crippen MR) is 66.2 cm³/mol.